The van der Waals surface area contributed by atoms with Crippen molar-refractivity contribution in [3.05, 3.63) is 22.4 Å². The van der Waals surface area contributed by atoms with E-state index in [9.17, 15) is 14.7 Å². The highest BCUT2D eigenvalue weighted by atomic mass is 32.1. The number of likely N-dealkylation sites (N-methyl/N-ethyl adjacent to an activating group) is 1. The number of nitrogens with one attached hydrogen (secondary N) is 2. The molecule has 0 unspecified atom stereocenters. The molecule has 0 aromatic carbocycles. The summed E-state index contributed by atoms with van der Waals surface area (Å²) >= 11 is 1.60. The third kappa shape index (κ3) is 5.91. The number of carbonyl (C=O) groups excluding carboxylic acids is 2. The molecule has 3 rings (SSSR count). The molecule has 0 aliphatic heterocycles. The Hall–Kier alpha value is -1.44. The van der Waals surface area contributed by atoms with Crippen molar-refractivity contribution < 1.29 is 14.7 Å². The number of hydrogen-bond donors (Lipinski definition) is 3. The summed E-state index contributed by atoms with van der Waals surface area (Å²) in [5, 5.41) is 19.3. The quantitative estimate of drug-likeness (QED) is 0.525. The van der Waals surface area contributed by atoms with Gasteiger partial charge in [0, 0.05) is 30.4 Å². The maximum absolute atomic E-state index is 12.9. The lowest BCUT2D eigenvalue weighted by atomic mass is 9.57. The predicted octanol–water partition coefficient (Wildman–Crippen LogP) is 3.20. The molecule has 180 valence electrons. The average Bonchev–Trinajstić information content (AvgIpc) is 3.25. The van der Waals surface area contributed by atoms with Crippen LogP contribution in [-0.2, 0) is 16.0 Å². The maximum atomic E-state index is 12.9. The van der Waals surface area contributed by atoms with Crippen molar-refractivity contribution in [1.82, 2.24) is 15.5 Å². The summed E-state index contributed by atoms with van der Waals surface area (Å²) in [7, 11) is 3.99. The van der Waals surface area contributed by atoms with Crippen LogP contribution in [0, 0.1) is 16.7 Å². The fourth-order valence-corrected chi connectivity index (χ4v) is 6.81. The van der Waals surface area contributed by atoms with Crippen molar-refractivity contribution in [3.63, 3.8) is 0 Å². The fourth-order valence-electron chi connectivity index (χ4n) is 6.10. The van der Waals surface area contributed by atoms with Crippen LogP contribution in [0.2, 0.25) is 0 Å². The fraction of sp³-hybridized carbons (Fsp3) is 0.760. The summed E-state index contributed by atoms with van der Waals surface area (Å²) in [5.74, 6) is 0.395. The largest absolute Gasteiger partial charge is 0.390 e. The first kappa shape index (κ1) is 25.2. The Morgan fingerprint density at radius 3 is 2.59 bits per heavy atom. The number of carbonyl (C=O) groups is 2. The Labute approximate surface area is 197 Å². The number of aliphatic hydroxyl groups is 1. The van der Waals surface area contributed by atoms with E-state index >= 15 is 0 Å². The maximum Gasteiger partial charge on any atom is 0.225 e. The van der Waals surface area contributed by atoms with Crippen LogP contribution in [0.15, 0.2) is 17.5 Å². The van der Waals surface area contributed by atoms with Crippen molar-refractivity contribution in [2.24, 2.45) is 16.7 Å². The standard InChI is InChI=1S/C25H41N3O3S/c1-23(2)17-20(27-22(30)15-18-7-6-14-32-18)25(11-10-24(3,31)16-19(23)25)9-8-21(29)26-12-13-28(4)5/h6-7,14,19-20,31H,8-13,15-17H2,1-5H3,(H,26,29)(H,27,30)/t19-,20-,24-,25-/m0/s1. The lowest BCUT2D eigenvalue weighted by Gasteiger charge is -2.50. The summed E-state index contributed by atoms with van der Waals surface area (Å²) in [6.07, 6.45) is 4.75. The van der Waals surface area contributed by atoms with E-state index < -0.39 is 5.60 Å². The van der Waals surface area contributed by atoms with Gasteiger partial charge in [0.2, 0.25) is 11.8 Å². The van der Waals surface area contributed by atoms with E-state index in [1.807, 2.05) is 38.5 Å². The van der Waals surface area contributed by atoms with E-state index in [2.05, 4.69) is 29.4 Å². The van der Waals surface area contributed by atoms with Gasteiger partial charge in [-0.3, -0.25) is 9.59 Å². The number of amides is 2. The molecular weight excluding hydrogens is 422 g/mol. The smallest absolute Gasteiger partial charge is 0.225 e. The van der Waals surface area contributed by atoms with Gasteiger partial charge in [-0.15, -0.1) is 11.3 Å². The molecule has 1 heterocycles. The van der Waals surface area contributed by atoms with Crippen LogP contribution in [0.1, 0.15) is 64.2 Å². The van der Waals surface area contributed by atoms with Gasteiger partial charge in [0.1, 0.15) is 0 Å². The van der Waals surface area contributed by atoms with E-state index in [1.165, 1.54) is 0 Å². The number of fused-ring (bicyclic) bond motifs is 1. The number of thiophene rings is 1. The Kier molecular flexibility index (Phi) is 7.73. The molecule has 1 aromatic heterocycles. The third-order valence-corrected chi connectivity index (χ3v) is 8.66. The van der Waals surface area contributed by atoms with Crippen LogP contribution < -0.4 is 10.6 Å². The summed E-state index contributed by atoms with van der Waals surface area (Å²) < 4.78 is 0. The SMILES string of the molecule is CN(C)CCNC(=O)CC[C@]12CC[C@](C)(O)C[C@H]1C(C)(C)C[C@@H]2NC(=O)Cc1cccs1. The summed E-state index contributed by atoms with van der Waals surface area (Å²) in [6.45, 7) is 7.91. The van der Waals surface area contributed by atoms with Gasteiger partial charge in [-0.1, -0.05) is 19.9 Å². The topological polar surface area (TPSA) is 81.7 Å². The molecule has 0 radical (unpaired) electrons. The molecule has 2 fully saturated rings. The predicted molar refractivity (Wildman–Crippen MR) is 130 cm³/mol. The molecule has 0 saturated heterocycles. The lowest BCUT2D eigenvalue weighted by Crippen LogP contribution is -2.53. The molecule has 2 aliphatic rings. The first-order valence-corrected chi connectivity index (χ1v) is 12.8. The number of rotatable bonds is 9. The van der Waals surface area contributed by atoms with Crippen LogP contribution in [0.4, 0.5) is 0 Å². The molecule has 6 nitrogen and oxygen atoms in total. The number of hydrogen-bond acceptors (Lipinski definition) is 5. The van der Waals surface area contributed by atoms with Crippen LogP contribution >= 0.6 is 11.3 Å². The van der Waals surface area contributed by atoms with Crippen molar-refractivity contribution in [1.29, 1.82) is 0 Å². The normalized spacial score (nSPS) is 31.3. The molecule has 2 amide bonds. The van der Waals surface area contributed by atoms with E-state index in [-0.39, 0.29) is 34.6 Å². The molecule has 2 saturated carbocycles. The highest BCUT2D eigenvalue weighted by molar-refractivity contribution is 7.10. The molecule has 2 aliphatic carbocycles. The molecule has 7 heteroatoms. The lowest BCUT2D eigenvalue weighted by molar-refractivity contribution is -0.124. The van der Waals surface area contributed by atoms with Gasteiger partial charge >= 0.3 is 0 Å². The van der Waals surface area contributed by atoms with E-state index in [0.29, 0.717) is 25.8 Å². The summed E-state index contributed by atoms with van der Waals surface area (Å²) in [5.41, 5.74) is -0.850. The average molecular weight is 464 g/mol. The Morgan fingerprint density at radius 2 is 1.94 bits per heavy atom. The van der Waals surface area contributed by atoms with Crippen molar-refractivity contribution in [2.45, 2.75) is 77.4 Å². The van der Waals surface area contributed by atoms with Crippen LogP contribution in [0.3, 0.4) is 0 Å². The second kappa shape index (κ2) is 9.82. The second-order valence-corrected chi connectivity index (χ2v) is 12.2. The van der Waals surface area contributed by atoms with Crippen molar-refractivity contribution >= 4 is 23.2 Å². The van der Waals surface area contributed by atoms with Crippen LogP contribution in [0.25, 0.3) is 0 Å². The molecule has 32 heavy (non-hydrogen) atoms. The summed E-state index contributed by atoms with van der Waals surface area (Å²) in [4.78, 5) is 28.7. The molecule has 1 aromatic rings. The highest BCUT2D eigenvalue weighted by Crippen LogP contribution is 2.63. The van der Waals surface area contributed by atoms with Crippen LogP contribution in [0.5, 0.6) is 0 Å². The summed E-state index contributed by atoms with van der Waals surface area (Å²) in [6, 6.07) is 4.00. The van der Waals surface area contributed by atoms with Gasteiger partial charge in [0.05, 0.1) is 12.0 Å². The molecule has 0 spiro atoms. The zero-order valence-electron chi connectivity index (χ0n) is 20.4. The Bertz CT molecular complexity index is 790. The molecule has 0 bridgehead atoms. The van der Waals surface area contributed by atoms with Gasteiger partial charge in [0.15, 0.2) is 0 Å². The van der Waals surface area contributed by atoms with Gasteiger partial charge < -0.3 is 20.6 Å². The van der Waals surface area contributed by atoms with Crippen molar-refractivity contribution in [2.75, 3.05) is 27.2 Å². The van der Waals surface area contributed by atoms with Gasteiger partial charge in [0.25, 0.3) is 0 Å². The zero-order valence-corrected chi connectivity index (χ0v) is 21.2. The zero-order chi connectivity index (χ0) is 23.6. The minimum absolute atomic E-state index is 0.00725. The monoisotopic (exact) mass is 463 g/mol. The first-order valence-electron chi connectivity index (χ1n) is 11.9. The highest BCUT2D eigenvalue weighted by Gasteiger charge is 2.61. The van der Waals surface area contributed by atoms with Gasteiger partial charge in [-0.05, 0) is 81.3 Å². The Balaban J connectivity index is 1.75. The van der Waals surface area contributed by atoms with Gasteiger partial charge in [-0.2, -0.15) is 0 Å². The van der Waals surface area contributed by atoms with E-state index in [1.54, 1.807) is 11.3 Å². The van der Waals surface area contributed by atoms with Crippen LogP contribution in [-0.4, -0.2) is 60.6 Å². The molecule has 4 atom stereocenters. The minimum atomic E-state index is -0.685. The molecule has 3 N–H and O–H groups in total. The molecular formula is C25H41N3O3S. The first-order chi connectivity index (χ1) is 14.9. The number of nitrogens with zero attached hydrogens (tertiary/aromatic N) is 1. The third-order valence-electron chi connectivity index (χ3n) is 7.78. The van der Waals surface area contributed by atoms with Gasteiger partial charge in [-0.25, -0.2) is 0 Å². The van der Waals surface area contributed by atoms with E-state index in [4.69, 9.17) is 0 Å². The van der Waals surface area contributed by atoms with Crippen molar-refractivity contribution in [3.8, 4) is 0 Å². The second-order valence-electron chi connectivity index (χ2n) is 11.2. The minimum Gasteiger partial charge on any atom is -0.390 e. The van der Waals surface area contributed by atoms with E-state index in [0.717, 1.165) is 37.1 Å². The Morgan fingerprint density at radius 1 is 1.19 bits per heavy atom.